The maximum Gasteiger partial charge on any atom is 0.408 e. The summed E-state index contributed by atoms with van der Waals surface area (Å²) < 4.78 is 11.0. The molecule has 1 fully saturated rings. The van der Waals surface area contributed by atoms with Crippen molar-refractivity contribution in [3.8, 4) is 11.1 Å². The van der Waals surface area contributed by atoms with E-state index in [1.165, 1.54) is 32.1 Å². The van der Waals surface area contributed by atoms with Crippen LogP contribution in [0, 0.1) is 0 Å². The normalized spacial score (nSPS) is 15.3. The predicted molar refractivity (Wildman–Crippen MR) is 143 cm³/mol. The highest BCUT2D eigenvalue weighted by Crippen LogP contribution is 2.28. The summed E-state index contributed by atoms with van der Waals surface area (Å²) >= 11 is 0. The second-order valence-corrected chi connectivity index (χ2v) is 10.7. The van der Waals surface area contributed by atoms with Crippen molar-refractivity contribution in [2.45, 2.75) is 90.0 Å². The lowest BCUT2D eigenvalue weighted by Crippen LogP contribution is -2.47. The largest absolute Gasteiger partial charge is 0.480 e. The fourth-order valence-corrected chi connectivity index (χ4v) is 3.80. The molecule has 4 N–H and O–H groups in total. The molecule has 0 unspecified atom stereocenters. The Labute approximate surface area is 215 Å². The molecule has 0 spiro atoms. The van der Waals surface area contributed by atoms with Crippen LogP contribution in [0.5, 0.6) is 0 Å². The fraction of sp³-hybridized carbons (Fsp3) is 0.517. The first-order chi connectivity index (χ1) is 16.9. The molecule has 1 atom stereocenters. The number of hydrogen-bond acceptors (Lipinski definition) is 5. The summed E-state index contributed by atoms with van der Waals surface area (Å²) in [5.41, 5.74) is 7.13. The average Bonchev–Trinajstić information content (AvgIpc) is 2.82. The number of carbonyl (C=O) groups excluding carboxylic acids is 1. The number of nitrogens with one attached hydrogen (secondary N) is 1. The van der Waals surface area contributed by atoms with Crippen molar-refractivity contribution in [3.05, 3.63) is 60.2 Å². The highest BCUT2D eigenvalue weighted by Gasteiger charge is 2.29. The molecule has 1 aliphatic rings. The Balaban J connectivity index is 0.000000558. The Morgan fingerprint density at radius 1 is 0.944 bits per heavy atom. The number of alkyl carbamates (subject to hydrolysis) is 1. The Kier molecular flexibility index (Phi) is 10.9. The van der Waals surface area contributed by atoms with Crippen molar-refractivity contribution in [2.24, 2.45) is 5.73 Å². The number of carbonyl (C=O) groups is 2. The number of carboxylic acid groups (broad SMARTS) is 1. The van der Waals surface area contributed by atoms with E-state index in [0.717, 1.165) is 16.7 Å². The molecule has 1 amide bonds. The Hall–Kier alpha value is -2.90. The summed E-state index contributed by atoms with van der Waals surface area (Å²) in [6.45, 7) is 8.79. The molecule has 3 rings (SSSR count). The molecule has 198 valence electrons. The van der Waals surface area contributed by atoms with Crippen LogP contribution in [0.1, 0.15) is 72.3 Å². The molecule has 1 aliphatic carbocycles. The topological polar surface area (TPSA) is 111 Å². The standard InChI is InChI=1S/C23H29NO5.C6H13N/c1-22(2,3)28-15-19(20(25)26)24-21(27)29-23(4,5)18-13-11-17(12-14-18)16-9-7-6-8-10-16;7-6-4-2-1-3-5-6/h6-14,19H,15H2,1-5H3,(H,24,27)(H,25,26);6H,1-5,7H2/t19-;/m0./s1. The minimum absolute atomic E-state index is 0.153. The molecule has 7 nitrogen and oxygen atoms in total. The Bertz CT molecular complexity index is 946. The third kappa shape index (κ3) is 10.4. The van der Waals surface area contributed by atoms with Gasteiger partial charge < -0.3 is 25.6 Å². The molecule has 2 aromatic rings. The molecular weight excluding hydrogens is 456 g/mol. The number of nitrogens with two attached hydrogens (primary N) is 1. The maximum absolute atomic E-state index is 12.3. The van der Waals surface area contributed by atoms with E-state index < -0.39 is 29.3 Å². The summed E-state index contributed by atoms with van der Waals surface area (Å²) in [6, 6.07) is 17.0. The van der Waals surface area contributed by atoms with Gasteiger partial charge in [-0.15, -0.1) is 0 Å². The third-order valence-electron chi connectivity index (χ3n) is 5.96. The van der Waals surface area contributed by atoms with Crippen LogP contribution in [0.4, 0.5) is 4.79 Å². The van der Waals surface area contributed by atoms with Crippen molar-refractivity contribution in [1.82, 2.24) is 5.32 Å². The number of ether oxygens (including phenoxy) is 2. The molecule has 0 aromatic heterocycles. The van der Waals surface area contributed by atoms with Crippen LogP contribution >= 0.6 is 0 Å². The van der Waals surface area contributed by atoms with Gasteiger partial charge in [-0.3, -0.25) is 0 Å². The molecule has 2 aromatic carbocycles. The monoisotopic (exact) mass is 498 g/mol. The first-order valence-corrected chi connectivity index (χ1v) is 12.7. The minimum Gasteiger partial charge on any atom is -0.480 e. The van der Waals surface area contributed by atoms with Crippen LogP contribution in [-0.2, 0) is 19.9 Å². The first-order valence-electron chi connectivity index (χ1n) is 12.7. The molecule has 0 saturated heterocycles. The van der Waals surface area contributed by atoms with E-state index in [2.05, 4.69) is 5.32 Å². The quantitative estimate of drug-likeness (QED) is 0.441. The van der Waals surface area contributed by atoms with Gasteiger partial charge in [0.25, 0.3) is 0 Å². The van der Waals surface area contributed by atoms with Crippen LogP contribution in [0.3, 0.4) is 0 Å². The first kappa shape index (κ1) is 29.3. The van der Waals surface area contributed by atoms with Gasteiger partial charge in [0.15, 0.2) is 6.04 Å². The van der Waals surface area contributed by atoms with Gasteiger partial charge >= 0.3 is 12.1 Å². The van der Waals surface area contributed by atoms with Crippen LogP contribution in [0.15, 0.2) is 54.6 Å². The lowest BCUT2D eigenvalue weighted by Gasteiger charge is -2.28. The van der Waals surface area contributed by atoms with Crippen molar-refractivity contribution >= 4 is 12.1 Å². The van der Waals surface area contributed by atoms with Crippen LogP contribution in [-0.4, -0.2) is 41.5 Å². The van der Waals surface area contributed by atoms with Gasteiger partial charge in [0.2, 0.25) is 0 Å². The van der Waals surface area contributed by atoms with Crippen LogP contribution < -0.4 is 11.1 Å². The summed E-state index contributed by atoms with van der Waals surface area (Å²) in [4.78, 5) is 23.7. The van der Waals surface area contributed by atoms with Crippen LogP contribution in [0.2, 0.25) is 0 Å². The number of amides is 1. The third-order valence-corrected chi connectivity index (χ3v) is 5.96. The Morgan fingerprint density at radius 3 is 1.97 bits per heavy atom. The molecule has 1 saturated carbocycles. The lowest BCUT2D eigenvalue weighted by molar-refractivity contribution is -0.142. The number of hydrogen-bond donors (Lipinski definition) is 3. The van der Waals surface area contributed by atoms with E-state index in [1.54, 1.807) is 13.8 Å². The molecule has 0 aliphatic heterocycles. The van der Waals surface area contributed by atoms with E-state index >= 15 is 0 Å². The average molecular weight is 499 g/mol. The lowest BCUT2D eigenvalue weighted by atomic mass is 9.95. The summed E-state index contributed by atoms with van der Waals surface area (Å²) in [5, 5.41) is 11.7. The second-order valence-electron chi connectivity index (χ2n) is 10.7. The highest BCUT2D eigenvalue weighted by atomic mass is 16.6. The van der Waals surface area contributed by atoms with Gasteiger partial charge in [-0.25, -0.2) is 9.59 Å². The molecular formula is C29H42N2O5. The highest BCUT2D eigenvalue weighted by molar-refractivity contribution is 5.80. The molecule has 0 radical (unpaired) electrons. The summed E-state index contributed by atoms with van der Waals surface area (Å²) in [5.74, 6) is -1.18. The van der Waals surface area contributed by atoms with Crippen molar-refractivity contribution in [1.29, 1.82) is 0 Å². The number of aliphatic carboxylic acids is 1. The maximum atomic E-state index is 12.3. The zero-order valence-corrected chi connectivity index (χ0v) is 22.3. The minimum atomic E-state index is -1.20. The zero-order chi connectivity index (χ0) is 26.8. The van der Waals surface area contributed by atoms with Gasteiger partial charge in [0.05, 0.1) is 12.2 Å². The van der Waals surface area contributed by atoms with Gasteiger partial charge in [0, 0.05) is 6.04 Å². The molecule has 7 heteroatoms. The van der Waals surface area contributed by atoms with Crippen molar-refractivity contribution in [3.63, 3.8) is 0 Å². The number of carboxylic acids is 1. The molecule has 0 bridgehead atoms. The van der Waals surface area contributed by atoms with E-state index in [1.807, 2.05) is 75.4 Å². The van der Waals surface area contributed by atoms with E-state index in [9.17, 15) is 14.7 Å². The van der Waals surface area contributed by atoms with Crippen molar-refractivity contribution < 1.29 is 24.2 Å². The fourth-order valence-electron chi connectivity index (χ4n) is 3.80. The van der Waals surface area contributed by atoms with Crippen molar-refractivity contribution in [2.75, 3.05) is 6.61 Å². The SMILES string of the molecule is CC(C)(C)OC[C@H](NC(=O)OC(C)(C)c1ccc(-c2ccccc2)cc1)C(=O)O.NC1CCCCC1. The summed E-state index contributed by atoms with van der Waals surface area (Å²) in [7, 11) is 0. The van der Waals surface area contributed by atoms with Crippen LogP contribution in [0.25, 0.3) is 11.1 Å². The summed E-state index contributed by atoms with van der Waals surface area (Å²) in [6.07, 6.45) is 5.85. The van der Waals surface area contributed by atoms with E-state index in [0.29, 0.717) is 6.04 Å². The number of rotatable bonds is 7. The molecule has 36 heavy (non-hydrogen) atoms. The predicted octanol–water partition coefficient (Wildman–Crippen LogP) is 5.86. The molecule has 0 heterocycles. The smallest absolute Gasteiger partial charge is 0.408 e. The number of benzene rings is 2. The zero-order valence-electron chi connectivity index (χ0n) is 22.3. The van der Waals surface area contributed by atoms with E-state index in [-0.39, 0.29) is 6.61 Å². The Morgan fingerprint density at radius 2 is 1.50 bits per heavy atom. The van der Waals surface area contributed by atoms with Gasteiger partial charge in [0.1, 0.15) is 5.60 Å². The van der Waals surface area contributed by atoms with Gasteiger partial charge in [-0.2, -0.15) is 0 Å². The van der Waals surface area contributed by atoms with Gasteiger partial charge in [-0.05, 0) is 64.2 Å². The van der Waals surface area contributed by atoms with Gasteiger partial charge in [-0.1, -0.05) is 73.9 Å². The second kappa shape index (κ2) is 13.4. The van der Waals surface area contributed by atoms with E-state index in [4.69, 9.17) is 15.2 Å².